The third-order valence-corrected chi connectivity index (χ3v) is 8.66. The molecule has 4 fully saturated rings. The molecule has 9 nitrogen and oxygen atoms in total. The maximum absolute atomic E-state index is 15.7. The van der Waals surface area contributed by atoms with E-state index in [4.69, 9.17) is 20.5 Å². The van der Waals surface area contributed by atoms with Crippen LogP contribution in [0.3, 0.4) is 0 Å². The highest BCUT2D eigenvalue weighted by atomic mass is 79.9. The van der Waals surface area contributed by atoms with Crippen molar-refractivity contribution < 1.29 is 18.7 Å². The van der Waals surface area contributed by atoms with Gasteiger partial charge in [0.2, 0.25) is 5.88 Å². The second-order valence-corrected chi connectivity index (χ2v) is 12.4. The predicted molar refractivity (Wildman–Crippen MR) is 152 cm³/mol. The molecule has 0 spiro atoms. The Balaban J connectivity index is 1.51. The summed E-state index contributed by atoms with van der Waals surface area (Å²) in [6.45, 7) is 7.52. The number of nitrogens with one attached hydrogen (secondary N) is 1. The van der Waals surface area contributed by atoms with Crippen LogP contribution < -0.4 is 15.8 Å². The van der Waals surface area contributed by atoms with Crippen LogP contribution in [0.4, 0.5) is 20.6 Å². The Bertz CT molecular complexity index is 1370. The Hall–Kier alpha value is -3.10. The van der Waals surface area contributed by atoms with Gasteiger partial charge < -0.3 is 30.3 Å². The number of nitriles is 1. The Morgan fingerprint density at radius 2 is 2.21 bits per heavy atom. The topological polar surface area (TPSA) is 117 Å². The van der Waals surface area contributed by atoms with Gasteiger partial charge in [-0.3, -0.25) is 0 Å². The summed E-state index contributed by atoms with van der Waals surface area (Å²) in [5.74, 6) is -0.185. The molecule has 2 bridgehead atoms. The summed E-state index contributed by atoms with van der Waals surface area (Å²) in [6, 6.07) is 3.78. The highest BCUT2D eigenvalue weighted by Gasteiger charge is 2.55. The molecule has 4 heterocycles. The van der Waals surface area contributed by atoms with Gasteiger partial charge in [0.25, 0.3) is 0 Å². The molecular formula is C28H34BrFN6O3. The van der Waals surface area contributed by atoms with E-state index in [0.29, 0.717) is 29.8 Å². The molecule has 4 unspecified atom stereocenters. The minimum Gasteiger partial charge on any atom is -0.474 e. The average Bonchev–Trinajstić information content (AvgIpc) is 3.58. The van der Waals surface area contributed by atoms with Gasteiger partial charge in [0.15, 0.2) is 5.82 Å². The van der Waals surface area contributed by atoms with Crippen molar-refractivity contribution in [2.75, 3.05) is 37.8 Å². The van der Waals surface area contributed by atoms with Crippen LogP contribution in [-0.2, 0) is 4.74 Å². The summed E-state index contributed by atoms with van der Waals surface area (Å²) in [5, 5.41) is 13.0. The number of allylic oxidation sites excluding steroid dienone is 1. The van der Waals surface area contributed by atoms with Crippen LogP contribution in [0.2, 0.25) is 0 Å². The van der Waals surface area contributed by atoms with E-state index in [1.807, 2.05) is 26.8 Å². The summed E-state index contributed by atoms with van der Waals surface area (Å²) in [7, 11) is 2.06. The summed E-state index contributed by atoms with van der Waals surface area (Å²) >= 11 is 3.32. The molecule has 11 heteroatoms. The molecule has 3 N–H and O–H groups in total. The number of hydrogen-bond donors (Lipinski definition) is 2. The highest BCUT2D eigenvalue weighted by molar-refractivity contribution is 9.10. The van der Waals surface area contributed by atoms with E-state index < -0.39 is 11.4 Å². The molecule has 4 aliphatic rings. The largest absolute Gasteiger partial charge is 0.474 e. The normalized spacial score (nSPS) is 24.7. The molecule has 39 heavy (non-hydrogen) atoms. The number of fused-ring (bicyclic) bond motifs is 2. The zero-order valence-corrected chi connectivity index (χ0v) is 24.2. The third kappa shape index (κ3) is 5.24. The fraction of sp³-hybridized carbons (Fsp3) is 0.536. The summed E-state index contributed by atoms with van der Waals surface area (Å²) in [4.78, 5) is 21.3. The first-order valence-corrected chi connectivity index (χ1v) is 14.0. The Morgan fingerprint density at radius 3 is 2.87 bits per heavy atom. The maximum Gasteiger partial charge on any atom is 0.410 e. The highest BCUT2D eigenvalue weighted by Crippen LogP contribution is 2.47. The fourth-order valence-corrected chi connectivity index (χ4v) is 6.19. The summed E-state index contributed by atoms with van der Waals surface area (Å²) in [5.41, 5.74) is 7.46. The van der Waals surface area contributed by atoms with Crippen molar-refractivity contribution in [3.8, 4) is 11.9 Å². The van der Waals surface area contributed by atoms with Gasteiger partial charge in [-0.25, -0.2) is 14.2 Å². The lowest BCUT2D eigenvalue weighted by Gasteiger charge is -2.38. The Morgan fingerprint density at radius 1 is 1.44 bits per heavy atom. The van der Waals surface area contributed by atoms with E-state index in [0.717, 1.165) is 25.8 Å². The van der Waals surface area contributed by atoms with Crippen molar-refractivity contribution in [1.29, 1.82) is 5.26 Å². The number of nitrogens with two attached hydrogens (primary N) is 1. The molecular weight excluding hydrogens is 567 g/mol. The molecule has 1 aromatic heterocycles. The fourth-order valence-electron chi connectivity index (χ4n) is 5.76. The molecule has 3 aliphatic heterocycles. The van der Waals surface area contributed by atoms with Crippen molar-refractivity contribution in [3.05, 3.63) is 28.0 Å². The van der Waals surface area contributed by atoms with Crippen LogP contribution in [0, 0.1) is 23.1 Å². The number of carbonyl (C=O) groups is 1. The number of amides is 1. The van der Waals surface area contributed by atoms with Gasteiger partial charge in [-0.05, 0) is 87.3 Å². The smallest absolute Gasteiger partial charge is 0.410 e. The van der Waals surface area contributed by atoms with Gasteiger partial charge in [0, 0.05) is 30.0 Å². The molecule has 3 saturated heterocycles. The minimum absolute atomic E-state index is 0.0674. The number of rotatable bonds is 6. The first kappa shape index (κ1) is 27.5. The Kier molecular flexibility index (Phi) is 7.37. The van der Waals surface area contributed by atoms with Crippen molar-refractivity contribution >= 4 is 50.4 Å². The lowest BCUT2D eigenvalue weighted by molar-refractivity contribution is 0.0239. The van der Waals surface area contributed by atoms with Gasteiger partial charge in [-0.2, -0.15) is 5.26 Å². The second-order valence-electron chi connectivity index (χ2n) is 11.6. The Labute approximate surface area is 236 Å². The predicted octanol–water partition coefficient (Wildman–Crippen LogP) is 5.15. The van der Waals surface area contributed by atoms with Crippen LogP contribution in [0.15, 0.2) is 16.6 Å². The third-order valence-electron chi connectivity index (χ3n) is 7.85. The summed E-state index contributed by atoms with van der Waals surface area (Å²) in [6.07, 6.45) is 5.44. The van der Waals surface area contributed by atoms with Crippen LogP contribution in [-0.4, -0.2) is 71.3 Å². The SMILES string of the molecule is CN1CCCC1COc1nc2c(F)c(Br)c(/C=C/C#N)cc2c(NC2C3CC2N(C(=O)OC(C)(C)C)C3)c1N. The molecule has 2 aromatic rings. The van der Waals surface area contributed by atoms with E-state index in [2.05, 4.69) is 38.2 Å². The number of nitrogens with zero attached hydrogens (tertiary/aromatic N) is 4. The van der Waals surface area contributed by atoms with Gasteiger partial charge >= 0.3 is 6.09 Å². The monoisotopic (exact) mass is 600 g/mol. The molecule has 1 saturated carbocycles. The van der Waals surface area contributed by atoms with E-state index in [-0.39, 0.29) is 51.7 Å². The molecule has 1 amide bonds. The average molecular weight is 602 g/mol. The number of benzene rings is 1. The van der Waals surface area contributed by atoms with Gasteiger partial charge in [0.05, 0.1) is 28.3 Å². The number of pyridine rings is 1. The molecule has 6 rings (SSSR count). The van der Waals surface area contributed by atoms with Gasteiger partial charge in [-0.1, -0.05) is 0 Å². The standard InChI is InChI=1S/C28H34BrFN6O3/c1-28(2,3)39-27(37)36-13-16-12-19(36)23(16)33-25-18-11-15(7-5-9-31)20(29)21(30)24(18)34-26(22(25)32)38-14-17-8-6-10-35(17)4/h5,7,11,16-17,19,23H,6,8,10,12-14,32H2,1-4H3,(H,33,34)/b7-5+. The van der Waals surface area contributed by atoms with Crippen LogP contribution >= 0.6 is 15.9 Å². The number of carbonyl (C=O) groups excluding carboxylic acids is 1. The van der Waals surface area contributed by atoms with Gasteiger partial charge in [0.1, 0.15) is 23.4 Å². The number of ether oxygens (including phenoxy) is 2. The number of likely N-dealkylation sites (tertiary alicyclic amines) is 1. The summed E-state index contributed by atoms with van der Waals surface area (Å²) < 4.78 is 27.6. The number of nitrogen functional groups attached to an aromatic ring is 1. The number of anilines is 2. The van der Waals surface area contributed by atoms with Crippen LogP contribution in [0.1, 0.15) is 45.6 Å². The first-order valence-electron chi connectivity index (χ1n) is 13.2. The lowest BCUT2D eigenvalue weighted by atomic mass is 9.79. The lowest BCUT2D eigenvalue weighted by Crippen LogP contribution is -2.50. The number of halogens is 2. The quantitative estimate of drug-likeness (QED) is 0.437. The zero-order chi connectivity index (χ0) is 28.1. The first-order chi connectivity index (χ1) is 18.5. The molecule has 0 radical (unpaired) electrons. The number of aromatic nitrogens is 1. The molecule has 1 aromatic carbocycles. The molecule has 208 valence electrons. The van der Waals surface area contributed by atoms with E-state index in [1.165, 1.54) is 12.2 Å². The number of hydrogen-bond acceptors (Lipinski definition) is 8. The second kappa shape index (κ2) is 10.5. The van der Waals surface area contributed by atoms with E-state index in [9.17, 15) is 4.79 Å². The van der Waals surface area contributed by atoms with Crippen LogP contribution in [0.5, 0.6) is 5.88 Å². The molecule has 4 atom stereocenters. The number of likely N-dealkylation sites (N-methyl/N-ethyl adjacent to an activating group) is 1. The maximum atomic E-state index is 15.7. The van der Waals surface area contributed by atoms with Crippen molar-refractivity contribution in [2.45, 2.75) is 63.8 Å². The molecule has 1 aliphatic carbocycles. The van der Waals surface area contributed by atoms with E-state index >= 15 is 4.39 Å². The van der Waals surface area contributed by atoms with Crippen LogP contribution in [0.25, 0.3) is 17.0 Å². The van der Waals surface area contributed by atoms with Gasteiger partial charge in [-0.15, -0.1) is 0 Å². The van der Waals surface area contributed by atoms with Crippen molar-refractivity contribution in [1.82, 2.24) is 14.8 Å². The van der Waals surface area contributed by atoms with Crippen molar-refractivity contribution in [2.24, 2.45) is 5.92 Å². The minimum atomic E-state index is -0.587. The zero-order valence-electron chi connectivity index (χ0n) is 22.6. The van der Waals surface area contributed by atoms with Crippen molar-refractivity contribution in [3.63, 3.8) is 0 Å². The van der Waals surface area contributed by atoms with E-state index in [1.54, 1.807) is 11.0 Å².